The summed E-state index contributed by atoms with van der Waals surface area (Å²) in [4.78, 5) is 0.0961. The van der Waals surface area contributed by atoms with E-state index in [-0.39, 0.29) is 30.8 Å². The minimum Gasteiger partial charge on any atom is -0.392 e. The van der Waals surface area contributed by atoms with Crippen molar-refractivity contribution >= 4 is 26.0 Å². The molecule has 0 spiro atoms. The van der Waals surface area contributed by atoms with E-state index in [0.29, 0.717) is 10.0 Å². The fourth-order valence-electron chi connectivity index (χ4n) is 1.77. The van der Waals surface area contributed by atoms with Gasteiger partial charge < -0.3 is 14.6 Å². The zero-order valence-electron chi connectivity index (χ0n) is 12.2. The Kier molecular flexibility index (Phi) is 7.25. The van der Waals surface area contributed by atoms with Crippen LogP contribution < -0.4 is 4.72 Å². The number of hydrogen-bond donors (Lipinski definition) is 2. The maximum Gasteiger partial charge on any atom is 0.241 e. The number of methoxy groups -OCH3 is 2. The molecule has 0 heterocycles. The SMILES string of the molecule is COCC(CNS(=O)(=O)c1cc(CO)cc(C)c1Br)OC. The average molecular weight is 382 g/mol. The summed E-state index contributed by atoms with van der Waals surface area (Å²) in [6, 6.07) is 3.17. The van der Waals surface area contributed by atoms with Crippen molar-refractivity contribution in [3.63, 3.8) is 0 Å². The molecule has 8 heteroatoms. The summed E-state index contributed by atoms with van der Waals surface area (Å²) in [6.45, 7) is 1.93. The van der Waals surface area contributed by atoms with Crippen molar-refractivity contribution in [2.75, 3.05) is 27.4 Å². The molecular formula is C13H20BrNO5S. The number of aliphatic hydroxyl groups excluding tert-OH is 1. The van der Waals surface area contributed by atoms with Crippen LogP contribution in [0.2, 0.25) is 0 Å². The Hall–Kier alpha value is -0.510. The van der Waals surface area contributed by atoms with Crippen LogP contribution in [0.25, 0.3) is 0 Å². The minimum atomic E-state index is -3.71. The lowest BCUT2D eigenvalue weighted by Gasteiger charge is -2.16. The van der Waals surface area contributed by atoms with Crippen molar-refractivity contribution in [2.45, 2.75) is 24.5 Å². The monoisotopic (exact) mass is 381 g/mol. The molecule has 1 atom stereocenters. The predicted octanol–water partition coefficient (Wildman–Crippen LogP) is 1.19. The highest BCUT2D eigenvalue weighted by molar-refractivity contribution is 9.10. The maximum atomic E-state index is 12.4. The van der Waals surface area contributed by atoms with Crippen LogP contribution in [0.3, 0.4) is 0 Å². The third-order valence-corrected chi connectivity index (χ3v) is 5.70. The number of hydrogen-bond acceptors (Lipinski definition) is 5. The average Bonchev–Trinajstić information content (AvgIpc) is 2.45. The van der Waals surface area contributed by atoms with Gasteiger partial charge in [0.2, 0.25) is 10.0 Å². The van der Waals surface area contributed by atoms with E-state index in [0.717, 1.165) is 5.56 Å². The van der Waals surface area contributed by atoms with Crippen LogP contribution in [-0.4, -0.2) is 47.0 Å². The topological polar surface area (TPSA) is 84.9 Å². The van der Waals surface area contributed by atoms with Gasteiger partial charge in [-0.3, -0.25) is 0 Å². The smallest absolute Gasteiger partial charge is 0.241 e. The van der Waals surface area contributed by atoms with Gasteiger partial charge in [-0.15, -0.1) is 0 Å². The molecule has 0 bridgehead atoms. The second-order valence-electron chi connectivity index (χ2n) is 4.55. The quantitative estimate of drug-likeness (QED) is 0.706. The molecule has 1 unspecified atom stereocenters. The second kappa shape index (κ2) is 8.21. The maximum absolute atomic E-state index is 12.4. The van der Waals surface area contributed by atoms with Gasteiger partial charge in [0, 0.05) is 25.2 Å². The molecule has 0 fully saturated rings. The summed E-state index contributed by atoms with van der Waals surface area (Å²) in [7, 11) is -0.704. The van der Waals surface area contributed by atoms with E-state index < -0.39 is 10.0 Å². The molecule has 0 aliphatic carbocycles. The van der Waals surface area contributed by atoms with E-state index in [1.807, 2.05) is 0 Å². The molecule has 0 aliphatic heterocycles. The first-order valence-electron chi connectivity index (χ1n) is 6.27. The normalized spacial score (nSPS) is 13.4. The molecule has 0 radical (unpaired) electrons. The van der Waals surface area contributed by atoms with E-state index in [4.69, 9.17) is 9.47 Å². The minimum absolute atomic E-state index is 0.0961. The van der Waals surface area contributed by atoms with Gasteiger partial charge in [0.15, 0.2) is 0 Å². The van der Waals surface area contributed by atoms with E-state index in [2.05, 4.69) is 20.7 Å². The van der Waals surface area contributed by atoms with Crippen molar-refractivity contribution in [1.82, 2.24) is 4.72 Å². The first-order chi connectivity index (χ1) is 9.85. The van der Waals surface area contributed by atoms with Crippen molar-refractivity contribution in [2.24, 2.45) is 0 Å². The van der Waals surface area contributed by atoms with Crippen molar-refractivity contribution in [3.05, 3.63) is 27.7 Å². The van der Waals surface area contributed by atoms with Crippen LogP contribution in [0.1, 0.15) is 11.1 Å². The number of benzene rings is 1. The van der Waals surface area contributed by atoms with E-state index >= 15 is 0 Å². The number of ether oxygens (including phenoxy) is 2. The number of halogens is 1. The van der Waals surface area contributed by atoms with Gasteiger partial charge in [0.1, 0.15) is 0 Å². The molecule has 1 rings (SSSR count). The Morgan fingerprint density at radius 1 is 1.38 bits per heavy atom. The molecule has 0 saturated heterocycles. The number of aliphatic hydroxyl groups is 1. The highest BCUT2D eigenvalue weighted by Gasteiger charge is 2.21. The summed E-state index contributed by atoms with van der Waals surface area (Å²) in [5.74, 6) is 0. The van der Waals surface area contributed by atoms with Gasteiger partial charge in [0.25, 0.3) is 0 Å². The van der Waals surface area contributed by atoms with Crippen molar-refractivity contribution in [1.29, 1.82) is 0 Å². The van der Waals surface area contributed by atoms with E-state index in [9.17, 15) is 13.5 Å². The first kappa shape index (κ1) is 18.5. The molecule has 120 valence electrons. The summed E-state index contributed by atoms with van der Waals surface area (Å²) in [5.41, 5.74) is 1.28. The van der Waals surface area contributed by atoms with Crippen molar-refractivity contribution < 1.29 is 23.0 Å². The van der Waals surface area contributed by atoms with Gasteiger partial charge >= 0.3 is 0 Å². The Morgan fingerprint density at radius 2 is 2.05 bits per heavy atom. The zero-order chi connectivity index (χ0) is 16.0. The molecule has 0 aromatic heterocycles. The number of nitrogens with one attached hydrogen (secondary N) is 1. The summed E-state index contributed by atoms with van der Waals surface area (Å²) in [5, 5.41) is 9.20. The number of rotatable bonds is 8. The third kappa shape index (κ3) is 5.01. The van der Waals surface area contributed by atoms with Crippen LogP contribution in [0, 0.1) is 6.92 Å². The zero-order valence-corrected chi connectivity index (χ0v) is 14.6. The fraction of sp³-hybridized carbons (Fsp3) is 0.538. The highest BCUT2D eigenvalue weighted by Crippen LogP contribution is 2.27. The summed E-state index contributed by atoms with van der Waals surface area (Å²) >= 11 is 3.28. The van der Waals surface area contributed by atoms with Gasteiger partial charge in [-0.05, 0) is 40.0 Å². The molecule has 6 nitrogen and oxygen atoms in total. The van der Waals surface area contributed by atoms with Gasteiger partial charge in [0.05, 0.1) is 24.2 Å². The molecule has 0 amide bonds. The van der Waals surface area contributed by atoms with Crippen LogP contribution in [0.15, 0.2) is 21.5 Å². The number of aryl methyl sites for hydroxylation is 1. The summed E-state index contributed by atoms with van der Waals surface area (Å²) < 4.78 is 37.8. The third-order valence-electron chi connectivity index (χ3n) is 2.94. The predicted molar refractivity (Wildman–Crippen MR) is 82.7 cm³/mol. The van der Waals surface area contributed by atoms with E-state index in [1.54, 1.807) is 13.0 Å². The molecule has 0 aliphatic rings. The van der Waals surface area contributed by atoms with Gasteiger partial charge in [-0.1, -0.05) is 6.07 Å². The van der Waals surface area contributed by atoms with E-state index in [1.165, 1.54) is 20.3 Å². The standard InChI is InChI=1S/C13H20BrNO5S/c1-9-4-10(7-16)5-12(13(9)14)21(17,18)15-6-11(20-3)8-19-2/h4-5,11,15-16H,6-8H2,1-3H3. The van der Waals surface area contributed by atoms with Crippen LogP contribution >= 0.6 is 15.9 Å². The Bertz CT molecular complexity index is 576. The van der Waals surface area contributed by atoms with Crippen LogP contribution in [0.4, 0.5) is 0 Å². The Labute approximate surface area is 133 Å². The largest absolute Gasteiger partial charge is 0.392 e. The molecular weight excluding hydrogens is 362 g/mol. The second-order valence-corrected chi connectivity index (χ2v) is 7.08. The van der Waals surface area contributed by atoms with Crippen LogP contribution in [-0.2, 0) is 26.1 Å². The van der Waals surface area contributed by atoms with Crippen LogP contribution in [0.5, 0.6) is 0 Å². The Morgan fingerprint density at radius 3 is 2.57 bits per heavy atom. The Balaban J connectivity index is 3.00. The molecule has 1 aromatic rings. The lowest BCUT2D eigenvalue weighted by atomic mass is 10.1. The highest BCUT2D eigenvalue weighted by atomic mass is 79.9. The van der Waals surface area contributed by atoms with Gasteiger partial charge in [-0.25, -0.2) is 13.1 Å². The number of sulfonamides is 1. The lowest BCUT2D eigenvalue weighted by Crippen LogP contribution is -2.35. The van der Waals surface area contributed by atoms with Gasteiger partial charge in [-0.2, -0.15) is 0 Å². The molecule has 2 N–H and O–H groups in total. The van der Waals surface area contributed by atoms with Crippen molar-refractivity contribution in [3.8, 4) is 0 Å². The lowest BCUT2D eigenvalue weighted by molar-refractivity contribution is 0.0320. The molecule has 21 heavy (non-hydrogen) atoms. The summed E-state index contributed by atoms with van der Waals surface area (Å²) in [6.07, 6.45) is -0.370. The fourth-order valence-corrected chi connectivity index (χ4v) is 3.91. The molecule has 0 saturated carbocycles. The first-order valence-corrected chi connectivity index (χ1v) is 8.54. The molecule has 1 aromatic carbocycles.